The predicted molar refractivity (Wildman–Crippen MR) is 128 cm³/mol. The van der Waals surface area contributed by atoms with Gasteiger partial charge in [-0.2, -0.15) is 0 Å². The number of amides is 2. The first-order valence-electron chi connectivity index (χ1n) is 11.9. The van der Waals surface area contributed by atoms with Crippen molar-refractivity contribution in [2.24, 2.45) is 0 Å². The van der Waals surface area contributed by atoms with Crippen LogP contribution in [0.3, 0.4) is 0 Å². The number of likely N-dealkylation sites (tertiary alicyclic amines) is 2. The van der Waals surface area contributed by atoms with E-state index >= 15 is 0 Å². The Morgan fingerprint density at radius 2 is 1.89 bits per heavy atom. The number of nitrogens with zero attached hydrogens (tertiary/aromatic N) is 2. The second-order valence-corrected chi connectivity index (χ2v) is 9.27. The molecule has 1 N–H and O–H groups in total. The molecule has 0 bridgehead atoms. The number of β-lactam (4-membered cyclic amide) rings is 1. The molecule has 0 radical (unpaired) electrons. The van der Waals surface area contributed by atoms with E-state index in [0.717, 1.165) is 24.2 Å². The number of ether oxygens (including phenoxy) is 4. The number of methoxy groups -OCH3 is 2. The first-order valence-corrected chi connectivity index (χ1v) is 11.9. The molecule has 2 saturated heterocycles. The average molecular weight is 482 g/mol. The maximum Gasteiger partial charge on any atom is 0.246 e. The molecular formula is C26H31N3O6. The normalized spacial score (nSPS) is 20.8. The van der Waals surface area contributed by atoms with E-state index in [1.165, 1.54) is 0 Å². The number of carbonyl (C=O) groups is 2. The summed E-state index contributed by atoms with van der Waals surface area (Å²) in [5, 5.41) is 3.10. The van der Waals surface area contributed by atoms with E-state index in [-0.39, 0.29) is 31.2 Å². The minimum atomic E-state index is -0.922. The van der Waals surface area contributed by atoms with Gasteiger partial charge < -0.3 is 34.1 Å². The van der Waals surface area contributed by atoms with E-state index < -0.39 is 5.54 Å². The summed E-state index contributed by atoms with van der Waals surface area (Å²) in [6, 6.07) is 11.1. The molecule has 2 aromatic rings. The summed E-state index contributed by atoms with van der Waals surface area (Å²) in [7, 11) is 5.20. The van der Waals surface area contributed by atoms with Gasteiger partial charge in [0.2, 0.25) is 18.6 Å². The summed E-state index contributed by atoms with van der Waals surface area (Å²) in [4.78, 5) is 30.9. The molecule has 2 amide bonds. The molecular weight excluding hydrogens is 450 g/mol. The fourth-order valence-corrected chi connectivity index (χ4v) is 5.34. The Labute approximate surface area is 204 Å². The van der Waals surface area contributed by atoms with Crippen molar-refractivity contribution >= 4 is 11.8 Å². The van der Waals surface area contributed by atoms with Crippen molar-refractivity contribution in [3.05, 3.63) is 47.5 Å². The van der Waals surface area contributed by atoms with E-state index in [0.29, 0.717) is 42.3 Å². The number of rotatable bonds is 7. The first kappa shape index (κ1) is 23.3. The van der Waals surface area contributed by atoms with E-state index in [2.05, 4.69) is 10.2 Å². The van der Waals surface area contributed by atoms with Gasteiger partial charge in [0.1, 0.15) is 5.54 Å². The highest BCUT2D eigenvalue weighted by Gasteiger charge is 2.55. The van der Waals surface area contributed by atoms with Crippen molar-refractivity contribution < 1.29 is 28.5 Å². The molecule has 186 valence electrons. The Balaban J connectivity index is 1.41. The number of fused-ring (bicyclic) bond motifs is 1. The van der Waals surface area contributed by atoms with Crippen molar-refractivity contribution in [3.8, 4) is 23.0 Å². The predicted octanol–water partition coefficient (Wildman–Crippen LogP) is 2.49. The third-order valence-corrected chi connectivity index (χ3v) is 7.35. The maximum atomic E-state index is 13.9. The van der Waals surface area contributed by atoms with Crippen LogP contribution in [0.4, 0.5) is 0 Å². The molecule has 0 saturated carbocycles. The lowest BCUT2D eigenvalue weighted by atomic mass is 9.78. The minimum absolute atomic E-state index is 0.00803. The number of para-hydroxylation sites is 1. The van der Waals surface area contributed by atoms with Crippen LogP contribution in [0.5, 0.6) is 23.0 Å². The largest absolute Gasteiger partial charge is 0.493 e. The zero-order valence-corrected chi connectivity index (χ0v) is 20.3. The van der Waals surface area contributed by atoms with Gasteiger partial charge in [0.05, 0.1) is 26.7 Å². The molecule has 0 aromatic heterocycles. The topological polar surface area (TPSA) is 89.6 Å². The van der Waals surface area contributed by atoms with Crippen LogP contribution >= 0.6 is 0 Å². The van der Waals surface area contributed by atoms with Crippen molar-refractivity contribution in [3.63, 3.8) is 0 Å². The third kappa shape index (κ3) is 4.03. The monoisotopic (exact) mass is 481 g/mol. The Kier molecular flexibility index (Phi) is 6.19. The number of nitrogens with one attached hydrogen (secondary N) is 1. The summed E-state index contributed by atoms with van der Waals surface area (Å²) < 4.78 is 21.9. The van der Waals surface area contributed by atoms with Gasteiger partial charge in [-0.1, -0.05) is 18.2 Å². The number of hydrogen-bond acceptors (Lipinski definition) is 7. The molecule has 5 rings (SSSR count). The summed E-state index contributed by atoms with van der Waals surface area (Å²) in [6.45, 7) is 1.92. The van der Waals surface area contributed by atoms with Crippen molar-refractivity contribution in [1.82, 2.24) is 15.1 Å². The fourth-order valence-electron chi connectivity index (χ4n) is 5.34. The molecule has 2 aromatic carbocycles. The first-order chi connectivity index (χ1) is 17.0. The van der Waals surface area contributed by atoms with Crippen LogP contribution in [-0.4, -0.2) is 68.3 Å². The molecule has 35 heavy (non-hydrogen) atoms. The molecule has 3 aliphatic heterocycles. The van der Waals surface area contributed by atoms with Gasteiger partial charge in [0.15, 0.2) is 23.0 Å². The smallest absolute Gasteiger partial charge is 0.246 e. The molecule has 0 aliphatic carbocycles. The van der Waals surface area contributed by atoms with E-state index in [4.69, 9.17) is 18.9 Å². The Bertz CT molecular complexity index is 1130. The fraction of sp³-hybridized carbons (Fsp3) is 0.462. The summed E-state index contributed by atoms with van der Waals surface area (Å²) >= 11 is 0. The Hall–Kier alpha value is -3.46. The van der Waals surface area contributed by atoms with Gasteiger partial charge in [-0.3, -0.25) is 9.59 Å². The van der Waals surface area contributed by atoms with Crippen LogP contribution in [0.25, 0.3) is 0 Å². The number of hydrogen-bond donors (Lipinski definition) is 1. The van der Waals surface area contributed by atoms with Crippen molar-refractivity contribution in [2.75, 3.05) is 41.1 Å². The SMILES string of the molecule is COc1cccc(CNC(=O)C2(N3C(=O)CC3c3ccc4c(c3)OCO4)CCN(C)CC2)c1OC. The van der Waals surface area contributed by atoms with Gasteiger partial charge >= 0.3 is 0 Å². The van der Waals surface area contributed by atoms with Crippen molar-refractivity contribution in [2.45, 2.75) is 37.4 Å². The quantitative estimate of drug-likeness (QED) is 0.608. The number of piperidine rings is 1. The lowest BCUT2D eigenvalue weighted by molar-refractivity contribution is -0.169. The number of benzene rings is 2. The highest BCUT2D eigenvalue weighted by Crippen LogP contribution is 2.46. The molecule has 9 heteroatoms. The lowest BCUT2D eigenvalue weighted by Gasteiger charge is -2.55. The van der Waals surface area contributed by atoms with Crippen LogP contribution in [0.15, 0.2) is 36.4 Å². The second kappa shape index (κ2) is 9.30. The van der Waals surface area contributed by atoms with Gasteiger partial charge in [0, 0.05) is 25.2 Å². The summed E-state index contributed by atoms with van der Waals surface area (Å²) in [5.41, 5.74) is 0.842. The van der Waals surface area contributed by atoms with E-state index in [9.17, 15) is 9.59 Å². The zero-order valence-electron chi connectivity index (χ0n) is 20.3. The third-order valence-electron chi connectivity index (χ3n) is 7.35. The number of carbonyl (C=O) groups excluding carboxylic acids is 2. The highest BCUT2D eigenvalue weighted by molar-refractivity contribution is 5.95. The average Bonchev–Trinajstić information content (AvgIpc) is 3.34. The Morgan fingerprint density at radius 1 is 1.11 bits per heavy atom. The van der Waals surface area contributed by atoms with Crippen molar-refractivity contribution in [1.29, 1.82) is 0 Å². The second-order valence-electron chi connectivity index (χ2n) is 9.27. The van der Waals surface area contributed by atoms with Crippen LogP contribution in [-0.2, 0) is 16.1 Å². The molecule has 0 spiro atoms. The summed E-state index contributed by atoms with van der Waals surface area (Å²) in [6.07, 6.45) is 1.50. The molecule has 3 heterocycles. The highest BCUT2D eigenvalue weighted by atomic mass is 16.7. The van der Waals surface area contributed by atoms with Gasteiger partial charge in [-0.15, -0.1) is 0 Å². The molecule has 3 aliphatic rings. The molecule has 1 atom stereocenters. The summed E-state index contributed by atoms with van der Waals surface area (Å²) in [5.74, 6) is 2.42. The van der Waals surface area contributed by atoms with Crippen LogP contribution in [0, 0.1) is 0 Å². The molecule has 9 nitrogen and oxygen atoms in total. The Morgan fingerprint density at radius 3 is 2.60 bits per heavy atom. The maximum absolute atomic E-state index is 13.9. The lowest BCUT2D eigenvalue weighted by Crippen LogP contribution is -2.68. The van der Waals surface area contributed by atoms with Gasteiger partial charge in [0.25, 0.3) is 0 Å². The van der Waals surface area contributed by atoms with Crippen LogP contribution < -0.4 is 24.3 Å². The standard InChI is InChI=1S/C26H31N3O6/c1-28-11-9-26(10-12-28,25(31)27-15-18-5-4-6-21(32-2)24(18)33-3)29-19(14-23(29)30)17-7-8-20-22(13-17)35-16-34-20/h4-8,13,19H,9-12,14-16H2,1-3H3,(H,27,31). The molecule has 1 unspecified atom stereocenters. The van der Waals surface area contributed by atoms with E-state index in [1.54, 1.807) is 19.1 Å². The van der Waals surface area contributed by atoms with E-state index in [1.807, 2.05) is 43.4 Å². The molecule has 2 fully saturated rings. The zero-order chi connectivity index (χ0) is 24.6. The van der Waals surface area contributed by atoms with Gasteiger partial charge in [-0.05, 0) is 43.7 Å². The minimum Gasteiger partial charge on any atom is -0.493 e. The van der Waals surface area contributed by atoms with Crippen LogP contribution in [0.1, 0.15) is 36.4 Å². The van der Waals surface area contributed by atoms with Crippen LogP contribution in [0.2, 0.25) is 0 Å². The van der Waals surface area contributed by atoms with Gasteiger partial charge in [-0.25, -0.2) is 0 Å².